The molecule has 45 heavy (non-hydrogen) atoms. The lowest BCUT2D eigenvalue weighted by Gasteiger charge is -2.45. The van der Waals surface area contributed by atoms with E-state index in [1.54, 1.807) is 19.2 Å². The van der Waals surface area contributed by atoms with E-state index in [1.165, 1.54) is 0 Å². The third kappa shape index (κ3) is 6.08. The minimum absolute atomic E-state index is 0.151. The predicted octanol–water partition coefficient (Wildman–Crippen LogP) is 6.21. The molecule has 3 aliphatic heterocycles. The van der Waals surface area contributed by atoms with E-state index in [0.29, 0.717) is 48.9 Å². The summed E-state index contributed by atoms with van der Waals surface area (Å²) in [6.45, 7) is 1.48. The highest BCUT2D eigenvalue weighted by atomic mass is 16.5. The van der Waals surface area contributed by atoms with Crippen LogP contribution in [-0.2, 0) is 17.6 Å². The Kier molecular flexibility index (Phi) is 8.80. The number of aliphatic hydroxyl groups is 2. The van der Waals surface area contributed by atoms with Crippen LogP contribution in [0.5, 0.6) is 28.7 Å². The topological polar surface area (TPSA) is 107 Å². The van der Waals surface area contributed by atoms with Crippen molar-refractivity contribution in [2.24, 2.45) is 11.8 Å². The molecule has 0 unspecified atom stereocenters. The van der Waals surface area contributed by atoms with Gasteiger partial charge < -0.3 is 39.0 Å². The Morgan fingerprint density at radius 1 is 0.933 bits per heavy atom. The van der Waals surface area contributed by atoms with Crippen LogP contribution in [0.25, 0.3) is 0 Å². The van der Waals surface area contributed by atoms with Crippen molar-refractivity contribution in [1.29, 1.82) is 0 Å². The molecular weight excluding hydrogens is 572 g/mol. The molecule has 3 N–H and O–H groups in total. The van der Waals surface area contributed by atoms with Crippen LogP contribution in [0.15, 0.2) is 48.5 Å². The molecule has 0 bridgehead atoms. The molecule has 1 fully saturated rings. The molecule has 3 aromatic rings. The van der Waals surface area contributed by atoms with Gasteiger partial charge in [0.05, 0.1) is 31.5 Å². The smallest absolute Gasteiger partial charge is 0.128 e. The summed E-state index contributed by atoms with van der Waals surface area (Å²) >= 11 is 0. The molecule has 240 valence electrons. The summed E-state index contributed by atoms with van der Waals surface area (Å²) in [6, 6.07) is 15.0. The number of aliphatic hydroxyl groups excluding tert-OH is 2. The van der Waals surface area contributed by atoms with Gasteiger partial charge in [-0.05, 0) is 93.3 Å². The van der Waals surface area contributed by atoms with E-state index in [4.69, 9.17) is 23.7 Å². The van der Waals surface area contributed by atoms with E-state index >= 15 is 0 Å². The van der Waals surface area contributed by atoms with Crippen LogP contribution < -0.4 is 18.9 Å². The van der Waals surface area contributed by atoms with Crippen molar-refractivity contribution in [3.05, 3.63) is 76.3 Å². The number of phenolic OH excluding ortho intramolecular Hbond substituents is 1. The van der Waals surface area contributed by atoms with Gasteiger partial charge in [0.2, 0.25) is 0 Å². The van der Waals surface area contributed by atoms with E-state index in [1.807, 2.05) is 36.4 Å². The molecule has 0 spiro atoms. The Morgan fingerprint density at radius 2 is 1.78 bits per heavy atom. The first-order valence-electron chi connectivity index (χ1n) is 16.5. The Labute approximate surface area is 264 Å². The average molecular weight is 617 g/mol. The normalized spacial score (nSPS) is 25.7. The summed E-state index contributed by atoms with van der Waals surface area (Å²) in [5.74, 6) is 2.22. The minimum atomic E-state index is -0.908. The Balaban J connectivity index is 1.25. The molecule has 1 saturated carbocycles. The van der Waals surface area contributed by atoms with E-state index in [2.05, 4.69) is 0 Å². The van der Waals surface area contributed by atoms with Crippen LogP contribution in [0.2, 0.25) is 0 Å². The van der Waals surface area contributed by atoms with Gasteiger partial charge in [0, 0.05) is 54.2 Å². The number of hydrogen-bond donors (Lipinski definition) is 3. The van der Waals surface area contributed by atoms with Crippen LogP contribution in [0, 0.1) is 11.8 Å². The van der Waals surface area contributed by atoms with Crippen LogP contribution in [0.3, 0.4) is 0 Å². The largest absolute Gasteiger partial charge is 0.508 e. The van der Waals surface area contributed by atoms with Crippen LogP contribution in [0.4, 0.5) is 0 Å². The van der Waals surface area contributed by atoms with Crippen LogP contribution in [-0.4, -0.2) is 54.5 Å². The average Bonchev–Trinajstić information content (AvgIpc) is 3.55. The van der Waals surface area contributed by atoms with Crippen molar-refractivity contribution >= 4 is 0 Å². The number of aromatic hydroxyl groups is 1. The zero-order valence-electron chi connectivity index (χ0n) is 26.0. The molecule has 1 aliphatic carbocycles. The Morgan fingerprint density at radius 3 is 2.60 bits per heavy atom. The highest BCUT2D eigenvalue weighted by Crippen LogP contribution is 2.53. The van der Waals surface area contributed by atoms with Gasteiger partial charge in [-0.25, -0.2) is 0 Å². The van der Waals surface area contributed by atoms with E-state index in [0.717, 1.165) is 72.9 Å². The number of rotatable bonds is 9. The maximum atomic E-state index is 12.2. The molecule has 3 aromatic carbocycles. The maximum Gasteiger partial charge on any atom is 0.128 e. The molecule has 0 aromatic heterocycles. The molecule has 5 atom stereocenters. The van der Waals surface area contributed by atoms with Gasteiger partial charge in [-0.1, -0.05) is 12.1 Å². The molecule has 4 aliphatic rings. The zero-order valence-corrected chi connectivity index (χ0v) is 26.0. The highest BCUT2D eigenvalue weighted by molar-refractivity contribution is 5.54. The number of hydrogen-bond acceptors (Lipinski definition) is 8. The van der Waals surface area contributed by atoms with E-state index < -0.39 is 24.0 Å². The van der Waals surface area contributed by atoms with Crippen LogP contribution >= 0.6 is 0 Å². The van der Waals surface area contributed by atoms with Gasteiger partial charge in [0.25, 0.3) is 0 Å². The third-order valence-electron chi connectivity index (χ3n) is 10.0. The zero-order chi connectivity index (χ0) is 30.9. The fraction of sp³-hybridized carbons (Fsp3) is 0.514. The van der Waals surface area contributed by atoms with Crippen molar-refractivity contribution in [3.63, 3.8) is 0 Å². The lowest BCUT2D eigenvalue weighted by molar-refractivity contribution is -0.0894. The Hall–Kier alpha value is -3.46. The summed E-state index contributed by atoms with van der Waals surface area (Å²) in [5.41, 5.74) is 4.29. The first-order valence-corrected chi connectivity index (χ1v) is 16.5. The standard InChI is InChI=1S/C37H44O8/c1-41-15-6-12-31-34(36(40)33-27-11-5-16-42-30(27)13-14-32(33)45-31)29-21-43-37-23(17-22-7-4-8-24(38)18-22)19-26(20-28(37)35(29)39)44-25-9-2-3-10-25/h4,7-8,13-14,18-20,25,29,31,34-36,38-40H,2-3,5-6,9-12,15-17,21H2,1H3/t29-,31-,34+,35+,36-/m0/s1. The number of ether oxygens (including phenoxy) is 5. The van der Waals surface area contributed by atoms with Crippen molar-refractivity contribution in [1.82, 2.24) is 0 Å². The lowest BCUT2D eigenvalue weighted by atomic mass is 9.71. The summed E-state index contributed by atoms with van der Waals surface area (Å²) in [5, 5.41) is 34.5. The van der Waals surface area contributed by atoms with Crippen molar-refractivity contribution < 1.29 is 39.0 Å². The molecule has 0 radical (unpaired) electrons. The third-order valence-corrected chi connectivity index (χ3v) is 10.0. The second-order valence-corrected chi connectivity index (χ2v) is 13.0. The predicted molar refractivity (Wildman–Crippen MR) is 168 cm³/mol. The number of methoxy groups -OCH3 is 1. The summed E-state index contributed by atoms with van der Waals surface area (Å²) in [4.78, 5) is 0. The molecule has 8 nitrogen and oxygen atoms in total. The Bertz CT molecular complexity index is 1500. The van der Waals surface area contributed by atoms with Gasteiger partial charge in [-0.2, -0.15) is 0 Å². The van der Waals surface area contributed by atoms with Crippen molar-refractivity contribution in [3.8, 4) is 28.7 Å². The van der Waals surface area contributed by atoms with Gasteiger partial charge >= 0.3 is 0 Å². The number of benzene rings is 3. The summed E-state index contributed by atoms with van der Waals surface area (Å²) in [7, 11) is 1.69. The molecule has 0 saturated heterocycles. The summed E-state index contributed by atoms with van der Waals surface area (Å²) < 4.78 is 31.0. The van der Waals surface area contributed by atoms with Gasteiger partial charge in [-0.3, -0.25) is 0 Å². The molecule has 8 heteroatoms. The van der Waals surface area contributed by atoms with E-state index in [9.17, 15) is 15.3 Å². The van der Waals surface area contributed by atoms with Gasteiger partial charge in [0.1, 0.15) is 34.9 Å². The lowest BCUT2D eigenvalue weighted by Crippen LogP contribution is -2.46. The van der Waals surface area contributed by atoms with Gasteiger partial charge in [-0.15, -0.1) is 0 Å². The second-order valence-electron chi connectivity index (χ2n) is 13.0. The van der Waals surface area contributed by atoms with Crippen molar-refractivity contribution in [2.75, 3.05) is 26.9 Å². The monoisotopic (exact) mass is 616 g/mol. The van der Waals surface area contributed by atoms with Crippen LogP contribution in [0.1, 0.15) is 85.0 Å². The molecule has 0 amide bonds. The van der Waals surface area contributed by atoms with E-state index in [-0.39, 0.29) is 24.6 Å². The molecular formula is C37H44O8. The fourth-order valence-electron chi connectivity index (χ4n) is 7.89. The second kappa shape index (κ2) is 13.1. The molecule has 3 heterocycles. The first kappa shape index (κ1) is 30.2. The van der Waals surface area contributed by atoms with Gasteiger partial charge in [0.15, 0.2) is 0 Å². The maximum absolute atomic E-state index is 12.2. The quantitative estimate of drug-likeness (QED) is 0.244. The number of fused-ring (bicyclic) bond motifs is 4. The summed E-state index contributed by atoms with van der Waals surface area (Å²) in [6.07, 6.45) is 6.04. The first-order chi connectivity index (χ1) is 22.0. The minimum Gasteiger partial charge on any atom is -0.508 e. The SMILES string of the molecule is COCCC[C@@H]1Oc2ccc3c(c2[C@H](O)[C@@H]1[C@@H]1COc2c(Cc4cccc(O)c4)cc(OC4CCCC4)cc2[C@H]1O)CCCO3. The fourth-order valence-corrected chi connectivity index (χ4v) is 7.89. The highest BCUT2D eigenvalue weighted by Gasteiger charge is 2.48. The van der Waals surface area contributed by atoms with Crippen molar-refractivity contribution in [2.45, 2.75) is 82.2 Å². The number of phenols is 1. The molecule has 7 rings (SSSR count).